The maximum absolute atomic E-state index is 12.9. The molecule has 3 aromatic rings. The van der Waals surface area contributed by atoms with Gasteiger partial charge in [0.15, 0.2) is 5.65 Å². The van der Waals surface area contributed by atoms with Crippen LogP contribution in [-0.4, -0.2) is 44.8 Å². The van der Waals surface area contributed by atoms with Crippen LogP contribution in [-0.2, 0) is 16.6 Å². The van der Waals surface area contributed by atoms with Gasteiger partial charge in [-0.1, -0.05) is 18.9 Å². The van der Waals surface area contributed by atoms with Gasteiger partial charge in [0.25, 0.3) is 0 Å². The Morgan fingerprint density at radius 1 is 1.23 bits per heavy atom. The molecule has 35 heavy (non-hydrogen) atoms. The number of benzene rings is 1. The molecule has 0 unspecified atom stereocenters. The van der Waals surface area contributed by atoms with Crippen molar-refractivity contribution in [3.8, 4) is 5.75 Å². The number of anilines is 2. The Balaban J connectivity index is 1.45. The van der Waals surface area contributed by atoms with Crippen LogP contribution in [0.5, 0.6) is 5.75 Å². The topological polar surface area (TPSA) is 126 Å². The number of aromatic nitrogens is 4. The van der Waals surface area contributed by atoms with Gasteiger partial charge in [0.05, 0.1) is 12.8 Å². The number of amides is 1. The molecule has 0 radical (unpaired) electrons. The van der Waals surface area contributed by atoms with Gasteiger partial charge in [-0.25, -0.2) is 9.78 Å². The first kappa shape index (κ1) is 24.7. The predicted molar refractivity (Wildman–Crippen MR) is 134 cm³/mol. The van der Waals surface area contributed by atoms with Crippen molar-refractivity contribution in [3.63, 3.8) is 0 Å². The number of rotatable bonds is 11. The number of imidazole rings is 1. The monoisotopic (exact) mass is 482 g/mol. The van der Waals surface area contributed by atoms with Gasteiger partial charge in [0.2, 0.25) is 11.9 Å². The van der Waals surface area contributed by atoms with Crippen LogP contribution in [0.2, 0.25) is 0 Å². The van der Waals surface area contributed by atoms with E-state index in [-0.39, 0.29) is 17.6 Å². The molecule has 1 aromatic carbocycles. The third kappa shape index (κ3) is 6.00. The molecule has 1 aliphatic rings. The SMILES string of the molecule is Cc1ccc(OCCCCCCC(N)=O)cc1Nc1ncc2c(n1)n(C1CCOCC1)c(=O)n2C. The molecule has 0 spiro atoms. The molecule has 1 amide bonds. The first-order valence-corrected chi connectivity index (χ1v) is 12.2. The van der Waals surface area contributed by atoms with E-state index in [9.17, 15) is 9.59 Å². The lowest BCUT2D eigenvalue weighted by Gasteiger charge is -2.22. The second-order valence-corrected chi connectivity index (χ2v) is 9.04. The van der Waals surface area contributed by atoms with E-state index < -0.39 is 0 Å². The molecule has 0 atom stereocenters. The highest BCUT2D eigenvalue weighted by Gasteiger charge is 2.23. The van der Waals surface area contributed by atoms with Gasteiger partial charge >= 0.3 is 5.69 Å². The molecule has 0 bridgehead atoms. The van der Waals surface area contributed by atoms with Crippen LogP contribution in [0.1, 0.15) is 56.6 Å². The van der Waals surface area contributed by atoms with E-state index in [4.69, 9.17) is 20.2 Å². The van der Waals surface area contributed by atoms with Gasteiger partial charge in [-0.15, -0.1) is 0 Å². The molecular formula is C25H34N6O4. The van der Waals surface area contributed by atoms with Crippen LogP contribution in [0.4, 0.5) is 11.6 Å². The van der Waals surface area contributed by atoms with Crippen molar-refractivity contribution in [2.24, 2.45) is 12.8 Å². The maximum atomic E-state index is 12.9. The number of nitrogens with one attached hydrogen (secondary N) is 1. The van der Waals surface area contributed by atoms with E-state index in [0.29, 0.717) is 43.4 Å². The third-order valence-corrected chi connectivity index (χ3v) is 6.43. The largest absolute Gasteiger partial charge is 0.494 e. The minimum Gasteiger partial charge on any atom is -0.494 e. The molecule has 10 nitrogen and oxygen atoms in total. The molecular weight excluding hydrogens is 448 g/mol. The molecule has 0 aliphatic carbocycles. The maximum Gasteiger partial charge on any atom is 0.330 e. The fourth-order valence-corrected chi connectivity index (χ4v) is 4.36. The summed E-state index contributed by atoms with van der Waals surface area (Å²) in [4.78, 5) is 32.9. The number of unbranched alkanes of at least 4 members (excludes halogenated alkanes) is 3. The van der Waals surface area contributed by atoms with Gasteiger partial charge in [-0.05, 0) is 44.2 Å². The molecule has 1 aliphatic heterocycles. The first-order valence-electron chi connectivity index (χ1n) is 12.2. The number of primary amides is 1. The van der Waals surface area contributed by atoms with Crippen LogP contribution in [0.3, 0.4) is 0 Å². The summed E-state index contributed by atoms with van der Waals surface area (Å²) in [7, 11) is 1.75. The summed E-state index contributed by atoms with van der Waals surface area (Å²) in [6.45, 7) is 3.89. The Bertz CT molecular complexity index is 1230. The van der Waals surface area contributed by atoms with Crippen LogP contribution in [0, 0.1) is 6.92 Å². The summed E-state index contributed by atoms with van der Waals surface area (Å²) in [5.74, 6) is 0.942. The van der Waals surface area contributed by atoms with Crippen LogP contribution < -0.4 is 21.5 Å². The average molecular weight is 483 g/mol. The second-order valence-electron chi connectivity index (χ2n) is 9.04. The number of carbonyl (C=O) groups excluding carboxylic acids is 1. The average Bonchev–Trinajstić information content (AvgIpc) is 3.10. The van der Waals surface area contributed by atoms with Gasteiger partial charge in [0.1, 0.15) is 11.3 Å². The van der Waals surface area contributed by atoms with E-state index in [0.717, 1.165) is 55.5 Å². The minimum absolute atomic E-state index is 0.0666. The highest BCUT2D eigenvalue weighted by Crippen LogP contribution is 2.27. The molecule has 2 aromatic heterocycles. The van der Waals surface area contributed by atoms with Gasteiger partial charge in [-0.2, -0.15) is 4.98 Å². The molecule has 3 N–H and O–H groups in total. The van der Waals surface area contributed by atoms with E-state index in [1.807, 2.05) is 25.1 Å². The van der Waals surface area contributed by atoms with E-state index in [2.05, 4.69) is 10.3 Å². The summed E-state index contributed by atoms with van der Waals surface area (Å²) < 4.78 is 14.8. The van der Waals surface area contributed by atoms with Crippen molar-refractivity contribution >= 4 is 28.7 Å². The number of ether oxygens (including phenoxy) is 2. The van der Waals surface area contributed by atoms with Crippen molar-refractivity contribution in [1.82, 2.24) is 19.1 Å². The van der Waals surface area contributed by atoms with Gasteiger partial charge in [-0.3, -0.25) is 13.9 Å². The zero-order valence-electron chi connectivity index (χ0n) is 20.5. The van der Waals surface area contributed by atoms with Gasteiger partial charge < -0.3 is 20.5 Å². The molecule has 0 saturated carbocycles. The summed E-state index contributed by atoms with van der Waals surface area (Å²) >= 11 is 0. The molecule has 1 fully saturated rings. The molecule has 4 rings (SSSR count). The Labute approximate surface area is 204 Å². The standard InChI is InChI=1S/C25H34N6O4/c1-17-8-9-19(35-12-6-4-3-5-7-22(26)32)15-20(17)28-24-27-16-21-23(29-24)31(25(33)30(21)2)18-10-13-34-14-11-18/h8-9,15-16,18H,3-7,10-14H2,1-2H3,(H2,26,32)(H,27,28,29). The lowest BCUT2D eigenvalue weighted by molar-refractivity contribution is -0.118. The minimum atomic E-state index is -0.247. The number of carbonyl (C=O) groups is 1. The number of nitrogens with zero attached hydrogens (tertiary/aromatic N) is 4. The van der Waals surface area contributed by atoms with Crippen molar-refractivity contribution in [2.75, 3.05) is 25.1 Å². The lowest BCUT2D eigenvalue weighted by Crippen LogP contribution is -2.30. The fourth-order valence-electron chi connectivity index (χ4n) is 4.36. The van der Waals surface area contributed by atoms with E-state index in [1.165, 1.54) is 0 Å². The summed E-state index contributed by atoms with van der Waals surface area (Å²) in [5, 5.41) is 3.30. The molecule has 1 saturated heterocycles. The molecule has 3 heterocycles. The molecule has 188 valence electrons. The normalized spacial score (nSPS) is 14.3. The fraction of sp³-hybridized carbons (Fsp3) is 0.520. The molecule has 10 heteroatoms. The quantitative estimate of drug-likeness (QED) is 0.401. The smallest absolute Gasteiger partial charge is 0.330 e. The summed E-state index contributed by atoms with van der Waals surface area (Å²) in [6.07, 6.45) is 7.39. The van der Waals surface area contributed by atoms with Crippen molar-refractivity contribution < 1.29 is 14.3 Å². The highest BCUT2D eigenvalue weighted by molar-refractivity contribution is 5.74. The van der Waals surface area contributed by atoms with Crippen LogP contribution in [0.25, 0.3) is 11.2 Å². The van der Waals surface area contributed by atoms with Crippen molar-refractivity contribution in [3.05, 3.63) is 40.4 Å². The number of aryl methyl sites for hydroxylation is 2. The Morgan fingerprint density at radius 2 is 2.00 bits per heavy atom. The Kier molecular flexibility index (Phi) is 8.02. The van der Waals surface area contributed by atoms with Crippen LogP contribution >= 0.6 is 0 Å². The zero-order chi connectivity index (χ0) is 24.8. The van der Waals surface area contributed by atoms with E-state index >= 15 is 0 Å². The highest BCUT2D eigenvalue weighted by atomic mass is 16.5. The Hall–Kier alpha value is -3.40. The summed E-state index contributed by atoms with van der Waals surface area (Å²) in [5.41, 5.74) is 8.29. The summed E-state index contributed by atoms with van der Waals surface area (Å²) in [6, 6.07) is 5.94. The van der Waals surface area contributed by atoms with E-state index in [1.54, 1.807) is 22.4 Å². The number of hydrogen-bond acceptors (Lipinski definition) is 7. The van der Waals surface area contributed by atoms with Crippen molar-refractivity contribution in [1.29, 1.82) is 0 Å². The first-order chi connectivity index (χ1) is 16.9. The van der Waals surface area contributed by atoms with Crippen LogP contribution in [0.15, 0.2) is 29.2 Å². The Morgan fingerprint density at radius 3 is 2.77 bits per heavy atom. The number of nitrogens with two attached hydrogens (primary N) is 1. The van der Waals surface area contributed by atoms with Crippen molar-refractivity contribution in [2.45, 2.75) is 57.9 Å². The lowest BCUT2D eigenvalue weighted by atomic mass is 10.1. The number of hydrogen-bond donors (Lipinski definition) is 2. The number of fused-ring (bicyclic) bond motifs is 1. The predicted octanol–water partition coefficient (Wildman–Crippen LogP) is 3.35. The van der Waals surface area contributed by atoms with Gasteiger partial charge in [0, 0.05) is 44.5 Å². The second kappa shape index (κ2) is 11.4. The zero-order valence-corrected chi connectivity index (χ0v) is 20.5. The third-order valence-electron chi connectivity index (χ3n) is 6.43.